The molecule has 0 heterocycles. The van der Waals surface area contributed by atoms with E-state index in [9.17, 15) is 20.0 Å². The predicted molar refractivity (Wildman–Crippen MR) is 87.5 cm³/mol. The molecule has 0 bridgehead atoms. The largest absolute Gasteiger partial charge is 0.390 e. The average Bonchev–Trinajstić information content (AvgIpc) is 2.85. The lowest BCUT2D eigenvalue weighted by Crippen LogP contribution is -2.56. The van der Waals surface area contributed by atoms with Crippen LogP contribution in [0.4, 0.5) is 0 Å². The van der Waals surface area contributed by atoms with Crippen molar-refractivity contribution in [2.45, 2.75) is 45.6 Å². The van der Waals surface area contributed by atoms with Crippen LogP contribution in [0.15, 0.2) is 23.8 Å². The zero-order chi connectivity index (χ0) is 17.3. The second-order valence-corrected chi connectivity index (χ2v) is 8.40. The van der Waals surface area contributed by atoms with Crippen LogP contribution in [0.3, 0.4) is 0 Å². The first-order valence-corrected chi connectivity index (χ1v) is 8.89. The summed E-state index contributed by atoms with van der Waals surface area (Å²) >= 11 is 0. The van der Waals surface area contributed by atoms with Crippen molar-refractivity contribution in [3.8, 4) is 6.07 Å². The third kappa shape index (κ3) is 1.71. The van der Waals surface area contributed by atoms with E-state index in [0.717, 1.165) is 24.8 Å². The van der Waals surface area contributed by atoms with Gasteiger partial charge in [0.05, 0.1) is 12.2 Å². The summed E-state index contributed by atoms with van der Waals surface area (Å²) in [6.07, 6.45) is 7.95. The van der Waals surface area contributed by atoms with E-state index >= 15 is 0 Å². The Labute approximate surface area is 142 Å². The normalized spacial score (nSPS) is 49.8. The highest BCUT2D eigenvalue weighted by molar-refractivity contribution is 5.96. The molecular weight excluding hydrogens is 302 g/mol. The van der Waals surface area contributed by atoms with E-state index in [4.69, 9.17) is 0 Å². The number of nitriles is 1. The van der Waals surface area contributed by atoms with Crippen molar-refractivity contribution in [2.75, 3.05) is 0 Å². The Kier molecular flexibility index (Phi) is 3.22. The van der Waals surface area contributed by atoms with Crippen LogP contribution in [0.5, 0.6) is 0 Å². The molecule has 0 saturated heterocycles. The minimum atomic E-state index is -0.982. The molecule has 4 nitrogen and oxygen atoms in total. The Hall–Kier alpha value is -1.73. The number of carbonyl (C=O) groups is 2. The smallest absolute Gasteiger partial charge is 0.175 e. The van der Waals surface area contributed by atoms with Crippen LogP contribution < -0.4 is 0 Å². The van der Waals surface area contributed by atoms with Gasteiger partial charge in [0, 0.05) is 17.3 Å². The third-order valence-corrected chi connectivity index (χ3v) is 7.61. The number of Topliss-reactive ketones (excluding diaryl/α,β-unsaturated/α-hetero) is 1. The summed E-state index contributed by atoms with van der Waals surface area (Å²) in [5.74, 6) is -0.179. The molecule has 2 saturated carbocycles. The molecule has 0 amide bonds. The van der Waals surface area contributed by atoms with Gasteiger partial charge in [-0.15, -0.1) is 0 Å². The van der Waals surface area contributed by atoms with Crippen LogP contribution in [0.25, 0.3) is 0 Å². The molecule has 24 heavy (non-hydrogen) atoms. The lowest BCUT2D eigenvalue weighted by Gasteiger charge is -2.56. The van der Waals surface area contributed by atoms with Crippen molar-refractivity contribution in [1.29, 1.82) is 5.26 Å². The standard InChI is InChI=1S/C20H23NO3/c1-19-8-7-15-12(14(19)5-6-17(19)23)4-3-11-9-16(22)13(10-21)18(24)20(11,15)2/h3-4,9,12-15,18,24H,5-8H2,1-2H3/t12-,13+,14-,15-,18-,19-,20-/m0/s1. The molecule has 0 aromatic rings. The monoisotopic (exact) mass is 325 g/mol. The first-order chi connectivity index (χ1) is 11.3. The predicted octanol–water partition coefficient (Wildman–Crippen LogP) is 2.58. The van der Waals surface area contributed by atoms with Crippen LogP contribution in [0, 0.1) is 45.8 Å². The Morgan fingerprint density at radius 1 is 1.25 bits per heavy atom. The van der Waals surface area contributed by atoms with Crippen LogP contribution in [-0.2, 0) is 9.59 Å². The molecule has 0 aromatic carbocycles. The summed E-state index contributed by atoms with van der Waals surface area (Å²) in [5.41, 5.74) is 0.0223. The number of rotatable bonds is 0. The molecule has 0 aliphatic heterocycles. The molecule has 0 unspecified atom stereocenters. The van der Waals surface area contributed by atoms with Crippen LogP contribution >= 0.6 is 0 Å². The van der Waals surface area contributed by atoms with Gasteiger partial charge >= 0.3 is 0 Å². The highest BCUT2D eigenvalue weighted by Gasteiger charge is 2.61. The number of carbonyl (C=O) groups excluding carboxylic acids is 2. The quantitative estimate of drug-likeness (QED) is 0.742. The third-order valence-electron chi connectivity index (χ3n) is 7.61. The number of hydrogen-bond donors (Lipinski definition) is 1. The summed E-state index contributed by atoms with van der Waals surface area (Å²) in [5, 5.41) is 20.2. The molecule has 1 N–H and O–H groups in total. The maximum absolute atomic E-state index is 12.4. The minimum absolute atomic E-state index is 0.177. The first kappa shape index (κ1) is 15.8. The van der Waals surface area contributed by atoms with Gasteiger partial charge in [-0.1, -0.05) is 26.0 Å². The number of ketones is 2. The van der Waals surface area contributed by atoms with Gasteiger partial charge < -0.3 is 5.11 Å². The van der Waals surface area contributed by atoms with Crippen molar-refractivity contribution in [3.05, 3.63) is 23.8 Å². The van der Waals surface area contributed by atoms with E-state index < -0.39 is 17.4 Å². The highest BCUT2D eigenvalue weighted by Crippen LogP contribution is 2.62. The van der Waals surface area contributed by atoms with E-state index in [2.05, 4.69) is 13.0 Å². The lowest BCUT2D eigenvalue weighted by molar-refractivity contribution is -0.134. The zero-order valence-corrected chi connectivity index (χ0v) is 14.2. The van der Waals surface area contributed by atoms with Gasteiger partial charge in [0.15, 0.2) is 5.78 Å². The first-order valence-electron chi connectivity index (χ1n) is 8.89. The van der Waals surface area contributed by atoms with Crippen LogP contribution in [0.1, 0.15) is 39.5 Å². The van der Waals surface area contributed by atoms with E-state index in [1.807, 2.05) is 19.1 Å². The summed E-state index contributed by atoms with van der Waals surface area (Å²) in [4.78, 5) is 24.5. The minimum Gasteiger partial charge on any atom is -0.390 e. The summed E-state index contributed by atoms with van der Waals surface area (Å²) < 4.78 is 0. The number of nitrogens with zero attached hydrogens (tertiary/aromatic N) is 1. The average molecular weight is 325 g/mol. The summed E-state index contributed by atoms with van der Waals surface area (Å²) in [6.45, 7) is 4.10. The van der Waals surface area contributed by atoms with Crippen molar-refractivity contribution >= 4 is 11.6 Å². The number of hydrogen-bond acceptors (Lipinski definition) is 4. The molecule has 7 atom stereocenters. The van der Waals surface area contributed by atoms with Gasteiger partial charge in [-0.3, -0.25) is 9.59 Å². The number of fused-ring (bicyclic) bond motifs is 5. The molecule has 126 valence electrons. The van der Waals surface area contributed by atoms with E-state index in [1.165, 1.54) is 0 Å². The van der Waals surface area contributed by atoms with Crippen molar-refractivity contribution in [3.63, 3.8) is 0 Å². The Bertz CT molecular complexity index is 730. The Morgan fingerprint density at radius 3 is 2.71 bits per heavy atom. The van der Waals surface area contributed by atoms with Gasteiger partial charge in [-0.05, 0) is 48.7 Å². The van der Waals surface area contributed by atoms with E-state index in [0.29, 0.717) is 18.1 Å². The zero-order valence-electron chi connectivity index (χ0n) is 14.2. The molecule has 0 spiro atoms. The molecule has 2 fully saturated rings. The van der Waals surface area contributed by atoms with E-state index in [-0.39, 0.29) is 23.0 Å². The lowest BCUT2D eigenvalue weighted by atomic mass is 9.48. The second-order valence-electron chi connectivity index (χ2n) is 8.40. The summed E-state index contributed by atoms with van der Waals surface area (Å²) in [6, 6.07) is 2.00. The van der Waals surface area contributed by atoms with Gasteiger partial charge in [-0.2, -0.15) is 5.26 Å². The molecule has 4 heteroatoms. The fraction of sp³-hybridized carbons (Fsp3) is 0.650. The molecule has 4 aliphatic carbocycles. The molecule has 4 aliphatic rings. The van der Waals surface area contributed by atoms with Gasteiger partial charge in [0.25, 0.3) is 0 Å². The SMILES string of the molecule is C[C@@]12C(=CC(=O)[C@@H](C#N)[C@@H]1O)C=C[C@@H]1[C@@H]2CC[C@]2(C)C(=O)CC[C@@H]12. The maximum atomic E-state index is 12.4. The maximum Gasteiger partial charge on any atom is 0.175 e. The topological polar surface area (TPSA) is 78.2 Å². The number of aliphatic hydroxyl groups excluding tert-OH is 1. The van der Waals surface area contributed by atoms with Gasteiger partial charge in [-0.25, -0.2) is 0 Å². The molecular formula is C20H23NO3. The fourth-order valence-electron chi connectivity index (χ4n) is 6.02. The van der Waals surface area contributed by atoms with Crippen LogP contribution in [0.2, 0.25) is 0 Å². The number of aliphatic hydroxyl groups is 1. The molecule has 0 aromatic heterocycles. The summed E-state index contributed by atoms with van der Waals surface area (Å²) in [7, 11) is 0. The van der Waals surface area contributed by atoms with Crippen molar-refractivity contribution in [1.82, 2.24) is 0 Å². The van der Waals surface area contributed by atoms with Gasteiger partial charge in [0.2, 0.25) is 0 Å². The molecule has 0 radical (unpaired) electrons. The highest BCUT2D eigenvalue weighted by atomic mass is 16.3. The van der Waals surface area contributed by atoms with E-state index in [1.54, 1.807) is 6.08 Å². The van der Waals surface area contributed by atoms with Gasteiger partial charge in [0.1, 0.15) is 11.7 Å². The Morgan fingerprint density at radius 2 is 2.00 bits per heavy atom. The second kappa shape index (κ2) is 4.89. The van der Waals surface area contributed by atoms with Crippen molar-refractivity contribution < 1.29 is 14.7 Å². The van der Waals surface area contributed by atoms with Crippen LogP contribution in [-0.4, -0.2) is 22.8 Å². The fourth-order valence-corrected chi connectivity index (χ4v) is 6.02. The molecule has 4 rings (SSSR count). The number of allylic oxidation sites excluding steroid dienone is 3. The Balaban J connectivity index is 1.81. The van der Waals surface area contributed by atoms with Crippen molar-refractivity contribution in [2.24, 2.45) is 34.5 Å².